The van der Waals surface area contributed by atoms with Crippen LogP contribution in [0.4, 0.5) is 5.82 Å². The van der Waals surface area contributed by atoms with Gasteiger partial charge in [-0.15, -0.1) is 24.0 Å². The minimum Gasteiger partial charge on any atom is -0.363 e. The van der Waals surface area contributed by atoms with Crippen molar-refractivity contribution < 1.29 is 0 Å². The Kier molecular flexibility index (Phi) is 9.66. The first-order chi connectivity index (χ1) is 13.6. The molecule has 158 valence electrons. The van der Waals surface area contributed by atoms with Gasteiger partial charge in [0.1, 0.15) is 5.82 Å². The molecule has 2 aromatic rings. The summed E-state index contributed by atoms with van der Waals surface area (Å²) in [6, 6.07) is 17.2. The van der Waals surface area contributed by atoms with Crippen LogP contribution in [-0.4, -0.2) is 56.1 Å². The van der Waals surface area contributed by atoms with E-state index in [4.69, 9.17) is 0 Å². The lowest BCUT2D eigenvalue weighted by Crippen LogP contribution is -2.50. The molecular formula is C22H33IN6. The lowest BCUT2D eigenvalue weighted by molar-refractivity contribution is 0.192. The summed E-state index contributed by atoms with van der Waals surface area (Å²) in [4.78, 5) is 13.6. The molecule has 0 spiro atoms. The quantitative estimate of drug-likeness (QED) is 0.357. The molecule has 1 aromatic carbocycles. The molecule has 0 saturated carbocycles. The fourth-order valence-electron chi connectivity index (χ4n) is 3.54. The van der Waals surface area contributed by atoms with Gasteiger partial charge in [0, 0.05) is 40.3 Å². The van der Waals surface area contributed by atoms with Crippen molar-refractivity contribution >= 4 is 35.8 Å². The topological polar surface area (TPSA) is 55.8 Å². The van der Waals surface area contributed by atoms with Gasteiger partial charge in [-0.1, -0.05) is 36.4 Å². The zero-order chi connectivity index (χ0) is 19.8. The van der Waals surface area contributed by atoms with E-state index in [1.807, 2.05) is 44.2 Å². The first-order valence-corrected chi connectivity index (χ1v) is 10.0. The van der Waals surface area contributed by atoms with Gasteiger partial charge in [-0.05, 0) is 37.1 Å². The van der Waals surface area contributed by atoms with Gasteiger partial charge in [0.05, 0.1) is 12.2 Å². The van der Waals surface area contributed by atoms with Crippen molar-refractivity contribution in [2.45, 2.75) is 32.0 Å². The third-order valence-electron chi connectivity index (χ3n) is 5.01. The average molecular weight is 508 g/mol. The van der Waals surface area contributed by atoms with Gasteiger partial charge in [-0.3, -0.25) is 9.89 Å². The van der Waals surface area contributed by atoms with Gasteiger partial charge in [0.15, 0.2) is 5.96 Å². The van der Waals surface area contributed by atoms with E-state index in [1.54, 1.807) is 0 Å². The van der Waals surface area contributed by atoms with Crippen LogP contribution in [0, 0.1) is 0 Å². The molecule has 2 N–H and O–H groups in total. The molecule has 2 heterocycles. The van der Waals surface area contributed by atoms with E-state index in [-0.39, 0.29) is 24.0 Å². The standard InChI is InChI=1S/C22H32N6.HI/c1-23-22(24-15-19-11-7-13-21(25-19)27(2)3)26-20-12-8-14-28(17-20)16-18-9-5-4-6-10-18;/h4-7,9-11,13,20H,8,12,14-17H2,1-3H3,(H2,23,24,26);1H. The van der Waals surface area contributed by atoms with Gasteiger partial charge >= 0.3 is 0 Å². The third kappa shape index (κ3) is 7.47. The van der Waals surface area contributed by atoms with Gasteiger partial charge in [0.25, 0.3) is 0 Å². The number of rotatable bonds is 6. The van der Waals surface area contributed by atoms with Gasteiger partial charge < -0.3 is 15.5 Å². The van der Waals surface area contributed by atoms with E-state index in [0.717, 1.165) is 37.1 Å². The van der Waals surface area contributed by atoms with Gasteiger partial charge in [-0.25, -0.2) is 4.98 Å². The van der Waals surface area contributed by atoms with Crippen LogP contribution in [0.15, 0.2) is 53.5 Å². The van der Waals surface area contributed by atoms with Crippen molar-refractivity contribution in [1.82, 2.24) is 20.5 Å². The van der Waals surface area contributed by atoms with E-state index in [0.29, 0.717) is 12.6 Å². The second-order valence-corrected chi connectivity index (χ2v) is 7.51. The summed E-state index contributed by atoms with van der Waals surface area (Å²) < 4.78 is 0. The van der Waals surface area contributed by atoms with Crippen LogP contribution < -0.4 is 15.5 Å². The molecule has 0 bridgehead atoms. The fraction of sp³-hybridized carbons (Fsp3) is 0.455. The largest absolute Gasteiger partial charge is 0.363 e. The number of nitrogens with zero attached hydrogens (tertiary/aromatic N) is 4. The van der Waals surface area contributed by atoms with E-state index in [9.17, 15) is 0 Å². The molecule has 0 radical (unpaired) electrons. The predicted molar refractivity (Wildman–Crippen MR) is 132 cm³/mol. The number of hydrogen-bond donors (Lipinski definition) is 2. The number of piperidine rings is 1. The Bertz CT molecular complexity index is 765. The molecule has 1 saturated heterocycles. The number of halogens is 1. The molecule has 0 amide bonds. The zero-order valence-electron chi connectivity index (χ0n) is 17.6. The molecule has 1 unspecified atom stereocenters. The Morgan fingerprint density at radius 1 is 1.17 bits per heavy atom. The summed E-state index contributed by atoms with van der Waals surface area (Å²) in [6.07, 6.45) is 2.37. The van der Waals surface area contributed by atoms with E-state index < -0.39 is 0 Å². The highest BCUT2D eigenvalue weighted by atomic mass is 127. The first-order valence-electron chi connectivity index (χ1n) is 10.0. The number of nitrogens with one attached hydrogen (secondary N) is 2. The molecule has 7 heteroatoms. The van der Waals surface area contributed by atoms with Crippen molar-refractivity contribution in [3.8, 4) is 0 Å². The zero-order valence-corrected chi connectivity index (χ0v) is 20.0. The van der Waals surface area contributed by atoms with Gasteiger partial charge in [-0.2, -0.15) is 0 Å². The van der Waals surface area contributed by atoms with Crippen LogP contribution in [0.5, 0.6) is 0 Å². The van der Waals surface area contributed by atoms with Crippen LogP contribution in [0.3, 0.4) is 0 Å². The van der Waals surface area contributed by atoms with Crippen LogP contribution in [0.1, 0.15) is 24.1 Å². The van der Waals surface area contributed by atoms with Crippen LogP contribution in [-0.2, 0) is 13.1 Å². The van der Waals surface area contributed by atoms with Crippen molar-refractivity contribution in [2.24, 2.45) is 4.99 Å². The highest BCUT2D eigenvalue weighted by Gasteiger charge is 2.20. The molecule has 1 aromatic heterocycles. The minimum atomic E-state index is 0. The minimum absolute atomic E-state index is 0. The number of hydrogen-bond acceptors (Lipinski definition) is 4. The monoisotopic (exact) mass is 508 g/mol. The van der Waals surface area contributed by atoms with Crippen molar-refractivity contribution in [2.75, 3.05) is 39.1 Å². The van der Waals surface area contributed by atoms with E-state index >= 15 is 0 Å². The summed E-state index contributed by atoms with van der Waals surface area (Å²) in [5.41, 5.74) is 2.38. The smallest absolute Gasteiger partial charge is 0.191 e. The number of aliphatic imine (C=N–C) groups is 1. The number of benzene rings is 1. The van der Waals surface area contributed by atoms with Gasteiger partial charge in [0.2, 0.25) is 0 Å². The number of anilines is 1. The maximum atomic E-state index is 4.66. The molecular weight excluding hydrogens is 475 g/mol. The molecule has 3 rings (SSSR count). The maximum absolute atomic E-state index is 4.66. The highest BCUT2D eigenvalue weighted by molar-refractivity contribution is 14.0. The summed E-state index contributed by atoms with van der Waals surface area (Å²) in [6.45, 7) is 3.85. The van der Waals surface area contributed by atoms with Crippen LogP contribution in [0.2, 0.25) is 0 Å². The van der Waals surface area contributed by atoms with Crippen molar-refractivity contribution in [3.05, 3.63) is 59.8 Å². The number of aromatic nitrogens is 1. The molecule has 0 aliphatic carbocycles. The Balaban J connectivity index is 0.00000300. The Morgan fingerprint density at radius 3 is 2.69 bits per heavy atom. The molecule has 29 heavy (non-hydrogen) atoms. The average Bonchev–Trinajstić information content (AvgIpc) is 2.72. The van der Waals surface area contributed by atoms with E-state index in [2.05, 4.69) is 55.8 Å². The molecule has 6 nitrogen and oxygen atoms in total. The fourth-order valence-corrected chi connectivity index (χ4v) is 3.54. The number of likely N-dealkylation sites (tertiary alicyclic amines) is 1. The maximum Gasteiger partial charge on any atom is 0.191 e. The first kappa shape index (κ1) is 23.4. The summed E-state index contributed by atoms with van der Waals surface area (Å²) in [5.74, 6) is 1.80. The Hall–Kier alpha value is -1.87. The van der Waals surface area contributed by atoms with Crippen LogP contribution in [0.25, 0.3) is 0 Å². The molecule has 1 fully saturated rings. The molecule has 1 atom stereocenters. The van der Waals surface area contributed by atoms with Crippen LogP contribution >= 0.6 is 24.0 Å². The number of pyridine rings is 1. The summed E-state index contributed by atoms with van der Waals surface area (Å²) >= 11 is 0. The second-order valence-electron chi connectivity index (χ2n) is 7.51. The van der Waals surface area contributed by atoms with Crippen molar-refractivity contribution in [1.29, 1.82) is 0 Å². The third-order valence-corrected chi connectivity index (χ3v) is 5.01. The Morgan fingerprint density at radius 2 is 1.97 bits per heavy atom. The normalized spacial score (nSPS) is 17.3. The second kappa shape index (κ2) is 12.0. The molecule has 1 aliphatic rings. The SMILES string of the molecule is CN=C(NCc1cccc(N(C)C)n1)NC1CCCN(Cc2ccccc2)C1.I. The summed E-state index contributed by atoms with van der Waals surface area (Å²) in [5, 5.41) is 6.99. The summed E-state index contributed by atoms with van der Waals surface area (Å²) in [7, 11) is 5.83. The van der Waals surface area contributed by atoms with E-state index in [1.165, 1.54) is 18.4 Å². The predicted octanol–water partition coefficient (Wildman–Crippen LogP) is 3.10. The highest BCUT2D eigenvalue weighted by Crippen LogP contribution is 2.14. The lowest BCUT2D eigenvalue weighted by atomic mass is 10.0. The lowest BCUT2D eigenvalue weighted by Gasteiger charge is -2.34. The molecule has 1 aliphatic heterocycles. The Labute approximate surface area is 191 Å². The number of guanidine groups is 1. The van der Waals surface area contributed by atoms with Crippen molar-refractivity contribution in [3.63, 3.8) is 0 Å².